The molecule has 2 amide bonds. The zero-order valence-corrected chi connectivity index (χ0v) is 16.0. The van der Waals surface area contributed by atoms with E-state index >= 15 is 0 Å². The van der Waals surface area contributed by atoms with Crippen molar-refractivity contribution in [1.29, 1.82) is 0 Å². The lowest BCUT2D eigenvalue weighted by atomic mass is 10.1. The van der Waals surface area contributed by atoms with Gasteiger partial charge in [-0.05, 0) is 48.9 Å². The molecular weight excluding hydrogens is 408 g/mol. The van der Waals surface area contributed by atoms with Gasteiger partial charge in [-0.15, -0.1) is 0 Å². The van der Waals surface area contributed by atoms with Crippen molar-refractivity contribution < 1.29 is 40.2 Å². The normalized spacial score (nSPS) is 10.5. The highest BCUT2D eigenvalue weighted by molar-refractivity contribution is 6.07. The highest BCUT2D eigenvalue weighted by atomic mass is 16.3. The van der Waals surface area contributed by atoms with Gasteiger partial charge in [-0.2, -0.15) is 0 Å². The van der Waals surface area contributed by atoms with Crippen LogP contribution in [-0.4, -0.2) is 42.5 Å². The SMILES string of the molecule is Cc1ccc(NC(=O)c2cc(O)c(O)c(O)c2)cc1NC(=O)c1cc(O)c(O)c(O)c1. The maximum Gasteiger partial charge on any atom is 0.255 e. The van der Waals surface area contributed by atoms with E-state index in [1.807, 2.05) is 0 Å². The molecular formula is C21H18N2O8. The zero-order chi connectivity index (χ0) is 22.9. The first-order chi connectivity index (χ1) is 14.6. The molecule has 0 bridgehead atoms. The van der Waals surface area contributed by atoms with E-state index in [-0.39, 0.29) is 16.8 Å². The van der Waals surface area contributed by atoms with Crippen LogP contribution in [0.15, 0.2) is 42.5 Å². The summed E-state index contributed by atoms with van der Waals surface area (Å²) < 4.78 is 0. The van der Waals surface area contributed by atoms with Gasteiger partial charge in [0, 0.05) is 22.5 Å². The van der Waals surface area contributed by atoms with Crippen molar-refractivity contribution in [2.24, 2.45) is 0 Å². The van der Waals surface area contributed by atoms with E-state index in [0.29, 0.717) is 11.3 Å². The van der Waals surface area contributed by atoms with Gasteiger partial charge in [0.25, 0.3) is 11.8 Å². The third-order valence-corrected chi connectivity index (χ3v) is 4.41. The van der Waals surface area contributed by atoms with E-state index in [0.717, 1.165) is 24.3 Å². The van der Waals surface area contributed by atoms with Crippen LogP contribution >= 0.6 is 0 Å². The Balaban J connectivity index is 1.82. The summed E-state index contributed by atoms with van der Waals surface area (Å²) in [6.45, 7) is 1.70. The maximum absolute atomic E-state index is 12.5. The van der Waals surface area contributed by atoms with Gasteiger partial charge in [0.2, 0.25) is 0 Å². The van der Waals surface area contributed by atoms with Crippen molar-refractivity contribution in [3.8, 4) is 34.5 Å². The molecule has 3 aromatic carbocycles. The Morgan fingerprint density at radius 2 is 1.06 bits per heavy atom. The number of carbonyl (C=O) groups excluding carboxylic acids is 2. The summed E-state index contributed by atoms with van der Waals surface area (Å²) in [5.74, 6) is -5.53. The minimum absolute atomic E-state index is 0.114. The Bertz CT molecular complexity index is 1160. The van der Waals surface area contributed by atoms with Crippen LogP contribution in [0.25, 0.3) is 0 Å². The quantitative estimate of drug-likeness (QED) is 0.293. The van der Waals surface area contributed by atoms with Crippen LogP contribution in [0.4, 0.5) is 11.4 Å². The van der Waals surface area contributed by atoms with Gasteiger partial charge in [0.05, 0.1) is 0 Å². The number of phenols is 6. The lowest BCUT2D eigenvalue weighted by Crippen LogP contribution is -2.15. The van der Waals surface area contributed by atoms with Gasteiger partial charge in [0.15, 0.2) is 34.5 Å². The van der Waals surface area contributed by atoms with Crippen molar-refractivity contribution in [1.82, 2.24) is 0 Å². The van der Waals surface area contributed by atoms with Crippen LogP contribution in [0.2, 0.25) is 0 Å². The monoisotopic (exact) mass is 426 g/mol. The molecule has 0 aromatic heterocycles. The summed E-state index contributed by atoms with van der Waals surface area (Å²) in [7, 11) is 0. The smallest absolute Gasteiger partial charge is 0.255 e. The minimum atomic E-state index is -0.747. The van der Waals surface area contributed by atoms with Crippen molar-refractivity contribution in [3.63, 3.8) is 0 Å². The van der Waals surface area contributed by atoms with Gasteiger partial charge >= 0.3 is 0 Å². The van der Waals surface area contributed by atoms with Crippen molar-refractivity contribution in [3.05, 3.63) is 59.2 Å². The van der Waals surface area contributed by atoms with Crippen LogP contribution in [0.3, 0.4) is 0 Å². The molecule has 0 saturated carbocycles. The Morgan fingerprint density at radius 1 is 0.645 bits per heavy atom. The number of rotatable bonds is 4. The summed E-state index contributed by atoms with van der Waals surface area (Å²) in [5.41, 5.74) is 0.991. The molecule has 0 aliphatic heterocycles. The predicted octanol–water partition coefficient (Wildman–Crippen LogP) is 2.73. The summed E-state index contributed by atoms with van der Waals surface area (Å²) in [4.78, 5) is 24.9. The number of anilines is 2. The van der Waals surface area contributed by atoms with Crippen molar-refractivity contribution >= 4 is 23.2 Å². The fourth-order valence-electron chi connectivity index (χ4n) is 2.70. The topological polar surface area (TPSA) is 180 Å². The van der Waals surface area contributed by atoms with Crippen LogP contribution in [0, 0.1) is 6.92 Å². The molecule has 0 saturated heterocycles. The summed E-state index contributed by atoms with van der Waals surface area (Å²) in [6.07, 6.45) is 0. The lowest BCUT2D eigenvalue weighted by molar-refractivity contribution is 0.101. The first-order valence-corrected chi connectivity index (χ1v) is 8.80. The standard InChI is InChI=1S/C21H18N2O8/c1-9-2-3-12(22-20(30)10-4-14(24)18(28)15(25)5-10)8-13(9)23-21(31)11-6-16(26)19(29)17(27)7-11/h2-8,24-29H,1H3,(H,22,30)(H,23,31). The van der Waals surface area contributed by atoms with E-state index < -0.39 is 46.3 Å². The molecule has 31 heavy (non-hydrogen) atoms. The number of benzene rings is 3. The number of amides is 2. The predicted molar refractivity (Wildman–Crippen MR) is 110 cm³/mol. The molecule has 10 nitrogen and oxygen atoms in total. The third kappa shape index (κ3) is 4.37. The highest BCUT2D eigenvalue weighted by Crippen LogP contribution is 2.36. The molecule has 0 aliphatic carbocycles. The summed E-state index contributed by atoms with van der Waals surface area (Å²) in [5, 5.41) is 62.1. The molecule has 0 spiro atoms. The number of phenolic OH excluding ortho intramolecular Hbond substituents is 6. The van der Waals surface area contributed by atoms with Gasteiger partial charge in [-0.25, -0.2) is 0 Å². The molecule has 0 unspecified atom stereocenters. The van der Waals surface area contributed by atoms with Crippen LogP contribution < -0.4 is 10.6 Å². The number of carbonyl (C=O) groups is 2. The van der Waals surface area contributed by atoms with Crippen LogP contribution in [0.1, 0.15) is 26.3 Å². The fraction of sp³-hybridized carbons (Fsp3) is 0.0476. The summed E-state index contributed by atoms with van der Waals surface area (Å²) >= 11 is 0. The van der Waals surface area contributed by atoms with Gasteiger partial charge in [-0.3, -0.25) is 9.59 Å². The number of hydrogen-bond donors (Lipinski definition) is 8. The maximum atomic E-state index is 12.5. The molecule has 0 aliphatic rings. The molecule has 8 N–H and O–H groups in total. The Hall–Kier alpha value is -4.60. The minimum Gasteiger partial charge on any atom is -0.504 e. The van der Waals surface area contributed by atoms with E-state index in [1.54, 1.807) is 19.1 Å². The molecule has 0 heterocycles. The highest BCUT2D eigenvalue weighted by Gasteiger charge is 2.16. The second-order valence-corrected chi connectivity index (χ2v) is 6.66. The van der Waals surface area contributed by atoms with E-state index in [4.69, 9.17) is 0 Å². The second-order valence-electron chi connectivity index (χ2n) is 6.66. The van der Waals surface area contributed by atoms with Gasteiger partial charge in [0.1, 0.15) is 0 Å². The molecule has 0 radical (unpaired) electrons. The van der Waals surface area contributed by atoms with Gasteiger partial charge in [-0.1, -0.05) is 6.07 Å². The van der Waals surface area contributed by atoms with Gasteiger partial charge < -0.3 is 41.3 Å². The van der Waals surface area contributed by atoms with Crippen LogP contribution in [0.5, 0.6) is 34.5 Å². The number of hydrogen-bond acceptors (Lipinski definition) is 8. The van der Waals surface area contributed by atoms with Crippen LogP contribution in [-0.2, 0) is 0 Å². The average Bonchev–Trinajstić information content (AvgIpc) is 2.71. The van der Waals surface area contributed by atoms with E-state index in [2.05, 4.69) is 10.6 Å². The van der Waals surface area contributed by atoms with E-state index in [1.165, 1.54) is 6.07 Å². The first kappa shape index (κ1) is 21.1. The average molecular weight is 426 g/mol. The molecule has 0 fully saturated rings. The molecule has 10 heteroatoms. The molecule has 3 aromatic rings. The summed E-state index contributed by atoms with van der Waals surface area (Å²) in [6, 6.07) is 8.54. The second kappa shape index (κ2) is 8.03. The first-order valence-electron chi connectivity index (χ1n) is 8.80. The zero-order valence-electron chi connectivity index (χ0n) is 16.0. The Labute approximate surface area is 175 Å². The fourth-order valence-corrected chi connectivity index (χ4v) is 2.70. The number of aromatic hydroxyl groups is 6. The molecule has 0 atom stereocenters. The van der Waals surface area contributed by atoms with Crippen molar-refractivity contribution in [2.45, 2.75) is 6.92 Å². The number of nitrogens with one attached hydrogen (secondary N) is 2. The Morgan fingerprint density at radius 3 is 1.52 bits per heavy atom. The molecule has 160 valence electrons. The Kier molecular flexibility index (Phi) is 5.47. The van der Waals surface area contributed by atoms with Crippen molar-refractivity contribution in [2.75, 3.05) is 10.6 Å². The molecule has 3 rings (SSSR count). The lowest BCUT2D eigenvalue weighted by Gasteiger charge is -2.13. The third-order valence-electron chi connectivity index (χ3n) is 4.41. The van der Waals surface area contributed by atoms with E-state index in [9.17, 15) is 40.2 Å². The number of aryl methyl sites for hydroxylation is 1. The largest absolute Gasteiger partial charge is 0.504 e.